The lowest BCUT2D eigenvalue weighted by atomic mass is 10.0. The number of benzene rings is 1. The summed E-state index contributed by atoms with van der Waals surface area (Å²) in [5, 5.41) is 6.77. The number of aromatic nitrogens is 1. The van der Waals surface area contributed by atoms with Gasteiger partial charge in [0, 0.05) is 62.4 Å². The Hall–Kier alpha value is -2.80. The summed E-state index contributed by atoms with van der Waals surface area (Å²) < 4.78 is 5.73. The number of ether oxygens (including phenoxy) is 1. The number of urea groups is 1. The molecule has 7 heteroatoms. The molecule has 2 fully saturated rings. The third-order valence-corrected chi connectivity index (χ3v) is 7.22. The Morgan fingerprint density at radius 3 is 2.81 bits per heavy atom. The molecule has 7 nitrogen and oxygen atoms in total. The van der Waals surface area contributed by atoms with Gasteiger partial charge in [-0.1, -0.05) is 24.3 Å². The molecule has 6 rings (SSSR count). The molecular weight excluding hydrogens is 390 g/mol. The highest BCUT2D eigenvalue weighted by atomic mass is 16.5. The van der Waals surface area contributed by atoms with Gasteiger partial charge in [0.1, 0.15) is 11.6 Å². The molecule has 2 bridgehead atoms. The number of hydrogen-bond donors (Lipinski definition) is 2. The van der Waals surface area contributed by atoms with Crippen LogP contribution < -0.4 is 20.3 Å². The number of hydrogen-bond acceptors (Lipinski definition) is 5. The Morgan fingerprint density at radius 2 is 1.94 bits per heavy atom. The van der Waals surface area contributed by atoms with Crippen LogP contribution in [0, 0.1) is 0 Å². The van der Waals surface area contributed by atoms with Crippen LogP contribution in [0.2, 0.25) is 0 Å². The van der Waals surface area contributed by atoms with E-state index in [9.17, 15) is 4.79 Å². The third kappa shape index (κ3) is 3.41. The van der Waals surface area contributed by atoms with E-state index >= 15 is 0 Å². The maximum absolute atomic E-state index is 13.0. The van der Waals surface area contributed by atoms with Crippen molar-refractivity contribution in [2.45, 2.75) is 50.4 Å². The van der Waals surface area contributed by atoms with Crippen molar-refractivity contribution in [3.63, 3.8) is 0 Å². The standard InChI is InChI=1S/C24H29N5O2/c30-24(27-21-10-12-31-22-4-2-1-3-19(21)22)28-11-9-20-16(15-28)5-8-23(26-20)29-17-6-7-18(29)14-25-13-17/h1-5,8,17-18,21,25H,6-7,9-15H2,(H,27,30)/t17?,18?,21-/m0/s1. The second-order valence-electron chi connectivity index (χ2n) is 9.07. The molecule has 2 amide bonds. The van der Waals surface area contributed by atoms with E-state index in [1.54, 1.807) is 0 Å². The van der Waals surface area contributed by atoms with E-state index < -0.39 is 0 Å². The maximum Gasteiger partial charge on any atom is 0.318 e. The zero-order valence-electron chi connectivity index (χ0n) is 17.7. The number of pyridine rings is 1. The van der Waals surface area contributed by atoms with Crippen molar-refractivity contribution >= 4 is 11.8 Å². The number of para-hydroxylation sites is 1. The van der Waals surface area contributed by atoms with Crippen molar-refractivity contribution in [1.29, 1.82) is 0 Å². The molecule has 1 aromatic carbocycles. The molecule has 31 heavy (non-hydrogen) atoms. The SMILES string of the molecule is O=C(N[C@H]1CCOc2ccccc21)N1CCc2nc(N3C4CCC3CNC4)ccc2C1. The van der Waals surface area contributed by atoms with Gasteiger partial charge in [-0.2, -0.15) is 0 Å². The second-order valence-corrected chi connectivity index (χ2v) is 9.07. The summed E-state index contributed by atoms with van der Waals surface area (Å²) >= 11 is 0. The summed E-state index contributed by atoms with van der Waals surface area (Å²) in [5.74, 6) is 1.99. The topological polar surface area (TPSA) is 69.7 Å². The fraction of sp³-hybridized carbons (Fsp3) is 0.500. The number of anilines is 1. The Balaban J connectivity index is 1.15. The minimum atomic E-state index is -0.00317. The summed E-state index contributed by atoms with van der Waals surface area (Å²) in [4.78, 5) is 22.5. The molecule has 2 saturated heterocycles. The maximum atomic E-state index is 13.0. The van der Waals surface area contributed by atoms with Gasteiger partial charge in [0.25, 0.3) is 0 Å². The molecule has 3 atom stereocenters. The fourth-order valence-corrected chi connectivity index (χ4v) is 5.61. The zero-order chi connectivity index (χ0) is 20.8. The lowest BCUT2D eigenvalue weighted by Crippen LogP contribution is -2.52. The van der Waals surface area contributed by atoms with Gasteiger partial charge in [0.2, 0.25) is 0 Å². The average Bonchev–Trinajstić information content (AvgIpc) is 3.06. The molecule has 2 aromatic rings. The van der Waals surface area contributed by atoms with Crippen LogP contribution in [-0.4, -0.2) is 54.2 Å². The van der Waals surface area contributed by atoms with Crippen LogP contribution >= 0.6 is 0 Å². The lowest BCUT2D eigenvalue weighted by Gasteiger charge is -2.37. The summed E-state index contributed by atoms with van der Waals surface area (Å²) in [7, 11) is 0. The van der Waals surface area contributed by atoms with Crippen molar-refractivity contribution in [3.05, 3.63) is 53.2 Å². The minimum Gasteiger partial charge on any atom is -0.493 e. The molecule has 5 heterocycles. The van der Waals surface area contributed by atoms with Crippen molar-refractivity contribution in [3.8, 4) is 5.75 Å². The van der Waals surface area contributed by atoms with Crippen LogP contribution in [0.5, 0.6) is 5.75 Å². The highest BCUT2D eigenvalue weighted by molar-refractivity contribution is 5.75. The van der Waals surface area contributed by atoms with Gasteiger partial charge in [-0.25, -0.2) is 9.78 Å². The molecule has 4 aliphatic rings. The number of amides is 2. The molecule has 0 aliphatic carbocycles. The molecule has 2 unspecified atom stereocenters. The summed E-state index contributed by atoms with van der Waals surface area (Å²) in [6.07, 6.45) is 4.10. The monoisotopic (exact) mass is 419 g/mol. The predicted molar refractivity (Wildman–Crippen MR) is 118 cm³/mol. The Labute approximate surface area is 182 Å². The number of nitrogens with zero attached hydrogens (tertiary/aromatic N) is 3. The lowest BCUT2D eigenvalue weighted by molar-refractivity contribution is 0.181. The first kappa shape index (κ1) is 18.9. The van der Waals surface area contributed by atoms with Crippen molar-refractivity contribution in [2.24, 2.45) is 0 Å². The van der Waals surface area contributed by atoms with E-state index in [1.807, 2.05) is 29.2 Å². The molecule has 2 N–H and O–H groups in total. The van der Waals surface area contributed by atoms with Crippen molar-refractivity contribution < 1.29 is 9.53 Å². The van der Waals surface area contributed by atoms with Crippen LogP contribution in [-0.2, 0) is 13.0 Å². The van der Waals surface area contributed by atoms with Crippen LogP contribution in [0.3, 0.4) is 0 Å². The van der Waals surface area contributed by atoms with Gasteiger partial charge in [0.05, 0.1) is 12.6 Å². The van der Waals surface area contributed by atoms with E-state index in [0.717, 1.165) is 48.8 Å². The molecule has 0 radical (unpaired) electrons. The average molecular weight is 420 g/mol. The molecule has 1 aromatic heterocycles. The number of piperazine rings is 1. The number of nitrogens with one attached hydrogen (secondary N) is 2. The highest BCUT2D eigenvalue weighted by Crippen LogP contribution is 2.33. The van der Waals surface area contributed by atoms with Crippen LogP contribution in [0.1, 0.15) is 42.1 Å². The predicted octanol–water partition coefficient (Wildman–Crippen LogP) is 2.61. The minimum absolute atomic E-state index is 0.00235. The van der Waals surface area contributed by atoms with E-state index in [0.29, 0.717) is 31.8 Å². The first-order valence-corrected chi connectivity index (χ1v) is 11.5. The fourth-order valence-electron chi connectivity index (χ4n) is 5.61. The summed E-state index contributed by atoms with van der Waals surface area (Å²) in [5.41, 5.74) is 3.38. The Kier molecular flexibility index (Phi) is 4.71. The van der Waals surface area contributed by atoms with Crippen molar-refractivity contribution in [1.82, 2.24) is 20.5 Å². The van der Waals surface area contributed by atoms with Gasteiger partial charge >= 0.3 is 6.03 Å². The normalized spacial score (nSPS) is 26.6. The number of carbonyl (C=O) groups is 1. The summed E-state index contributed by atoms with van der Waals surface area (Å²) in [6.45, 7) is 4.06. The number of rotatable bonds is 2. The molecule has 0 saturated carbocycles. The number of fused-ring (bicyclic) bond motifs is 4. The number of carbonyl (C=O) groups excluding carboxylic acids is 1. The molecule has 4 aliphatic heterocycles. The van der Waals surface area contributed by atoms with Crippen LogP contribution in [0.15, 0.2) is 36.4 Å². The second kappa shape index (κ2) is 7.71. The van der Waals surface area contributed by atoms with E-state index in [1.165, 1.54) is 18.4 Å². The summed E-state index contributed by atoms with van der Waals surface area (Å²) in [6, 6.07) is 13.5. The smallest absolute Gasteiger partial charge is 0.318 e. The van der Waals surface area contributed by atoms with E-state index in [2.05, 4.69) is 27.7 Å². The van der Waals surface area contributed by atoms with Crippen molar-refractivity contribution in [2.75, 3.05) is 31.1 Å². The van der Waals surface area contributed by atoms with E-state index in [-0.39, 0.29) is 12.1 Å². The highest BCUT2D eigenvalue weighted by Gasteiger charge is 2.37. The molecule has 0 spiro atoms. The van der Waals surface area contributed by atoms with E-state index in [4.69, 9.17) is 9.72 Å². The molecule has 162 valence electrons. The quantitative estimate of drug-likeness (QED) is 0.783. The largest absolute Gasteiger partial charge is 0.493 e. The Morgan fingerprint density at radius 1 is 1.10 bits per heavy atom. The third-order valence-electron chi connectivity index (χ3n) is 7.22. The van der Waals surface area contributed by atoms with Gasteiger partial charge in [0.15, 0.2) is 0 Å². The van der Waals surface area contributed by atoms with Gasteiger partial charge in [-0.05, 0) is 30.5 Å². The van der Waals surface area contributed by atoms with Crippen LogP contribution in [0.4, 0.5) is 10.6 Å². The van der Waals surface area contributed by atoms with Gasteiger partial charge in [-0.15, -0.1) is 0 Å². The van der Waals surface area contributed by atoms with Gasteiger partial charge < -0.3 is 25.2 Å². The van der Waals surface area contributed by atoms with Gasteiger partial charge in [-0.3, -0.25) is 0 Å². The Bertz CT molecular complexity index is 980. The molecular formula is C24H29N5O2. The first-order chi connectivity index (χ1) is 15.3. The van der Waals surface area contributed by atoms with Crippen LogP contribution in [0.25, 0.3) is 0 Å². The zero-order valence-corrected chi connectivity index (χ0v) is 17.7. The first-order valence-electron chi connectivity index (χ1n) is 11.5.